The van der Waals surface area contributed by atoms with Gasteiger partial charge in [-0.05, 0) is 25.1 Å². The van der Waals surface area contributed by atoms with Crippen molar-refractivity contribution in [2.24, 2.45) is 5.73 Å². The molecule has 0 bridgehead atoms. The van der Waals surface area contributed by atoms with Crippen molar-refractivity contribution in [3.63, 3.8) is 0 Å². The van der Waals surface area contributed by atoms with Crippen molar-refractivity contribution >= 4 is 11.7 Å². The number of methoxy groups -OCH3 is 1. The summed E-state index contributed by atoms with van der Waals surface area (Å²) in [6.07, 6.45) is 0.433. The van der Waals surface area contributed by atoms with Gasteiger partial charge in [0, 0.05) is 0 Å². The van der Waals surface area contributed by atoms with Crippen molar-refractivity contribution in [2.45, 2.75) is 12.5 Å². The van der Waals surface area contributed by atoms with Crippen molar-refractivity contribution in [1.29, 1.82) is 0 Å². The van der Waals surface area contributed by atoms with E-state index in [1.165, 1.54) is 7.11 Å². The third-order valence-corrected chi connectivity index (χ3v) is 2.81. The highest BCUT2D eigenvalue weighted by Crippen LogP contribution is 2.27. The van der Waals surface area contributed by atoms with E-state index in [9.17, 15) is 9.59 Å². The van der Waals surface area contributed by atoms with Gasteiger partial charge in [-0.15, -0.1) is 0 Å². The molecule has 1 aliphatic rings. The minimum absolute atomic E-state index is 0.137. The van der Waals surface area contributed by atoms with Gasteiger partial charge in [0.2, 0.25) is 0 Å². The van der Waals surface area contributed by atoms with Crippen molar-refractivity contribution in [3.8, 4) is 5.75 Å². The van der Waals surface area contributed by atoms with E-state index in [-0.39, 0.29) is 11.7 Å². The average molecular weight is 234 g/mol. The third-order valence-electron chi connectivity index (χ3n) is 2.81. The van der Waals surface area contributed by atoms with Crippen molar-refractivity contribution in [2.75, 3.05) is 13.7 Å². The summed E-state index contributed by atoms with van der Waals surface area (Å²) in [6, 6.07) is 4.43. The number of hydrogen-bond acceptors (Lipinski definition) is 4. The quantitative estimate of drug-likeness (QED) is 0.790. The number of hydrogen-bond donors (Lipinski definition) is 2. The molecule has 1 aromatic rings. The van der Waals surface area contributed by atoms with Crippen LogP contribution in [0.3, 0.4) is 0 Å². The van der Waals surface area contributed by atoms with Crippen molar-refractivity contribution in [3.05, 3.63) is 29.3 Å². The van der Waals surface area contributed by atoms with Gasteiger partial charge in [0.1, 0.15) is 5.75 Å². The lowest BCUT2D eigenvalue weighted by Crippen LogP contribution is -2.47. The molecule has 2 rings (SSSR count). The van der Waals surface area contributed by atoms with Gasteiger partial charge in [-0.25, -0.2) is 0 Å². The molecule has 0 radical (unpaired) electrons. The van der Waals surface area contributed by atoms with E-state index in [2.05, 4.69) is 5.32 Å². The van der Waals surface area contributed by atoms with Crippen molar-refractivity contribution < 1.29 is 14.3 Å². The van der Waals surface area contributed by atoms with Crippen molar-refractivity contribution in [1.82, 2.24) is 5.32 Å². The largest absolute Gasteiger partial charge is 0.496 e. The van der Waals surface area contributed by atoms with E-state index < -0.39 is 6.04 Å². The molecule has 0 aromatic heterocycles. The van der Waals surface area contributed by atoms with Gasteiger partial charge >= 0.3 is 0 Å². The minimum Gasteiger partial charge on any atom is -0.496 e. The van der Waals surface area contributed by atoms with E-state index >= 15 is 0 Å². The molecule has 1 heterocycles. The first kappa shape index (κ1) is 11.6. The summed E-state index contributed by atoms with van der Waals surface area (Å²) < 4.78 is 5.13. The first-order valence-corrected chi connectivity index (χ1v) is 5.41. The number of ether oxygens (including phenoxy) is 1. The van der Waals surface area contributed by atoms with E-state index in [1.54, 1.807) is 18.2 Å². The molecule has 5 nitrogen and oxygen atoms in total. The normalized spacial score (nSPS) is 18.6. The fourth-order valence-corrected chi connectivity index (χ4v) is 1.99. The second-order valence-electron chi connectivity index (χ2n) is 3.85. The molecule has 1 aliphatic heterocycles. The average Bonchev–Trinajstić information content (AvgIpc) is 2.35. The van der Waals surface area contributed by atoms with Gasteiger partial charge in [-0.3, -0.25) is 9.59 Å². The Morgan fingerprint density at radius 1 is 1.41 bits per heavy atom. The number of fused-ring (bicyclic) bond motifs is 1. The highest BCUT2D eigenvalue weighted by Gasteiger charge is 2.33. The summed E-state index contributed by atoms with van der Waals surface area (Å²) in [6.45, 7) is 0.348. The zero-order valence-electron chi connectivity index (χ0n) is 9.53. The maximum absolute atomic E-state index is 12.2. The van der Waals surface area contributed by atoms with Crippen LogP contribution in [0.2, 0.25) is 0 Å². The van der Waals surface area contributed by atoms with Crippen LogP contribution in [0.25, 0.3) is 0 Å². The van der Waals surface area contributed by atoms with Gasteiger partial charge in [0.15, 0.2) is 5.78 Å². The Balaban J connectivity index is 2.50. The molecule has 0 unspecified atom stereocenters. The highest BCUT2D eigenvalue weighted by molar-refractivity contribution is 6.16. The molecule has 5 heteroatoms. The van der Waals surface area contributed by atoms with Crippen LogP contribution in [0, 0.1) is 0 Å². The Kier molecular flexibility index (Phi) is 3.10. The van der Waals surface area contributed by atoms with Crippen LogP contribution in [0.15, 0.2) is 18.2 Å². The molecule has 1 atom stereocenters. The number of nitrogens with one attached hydrogen (secondary N) is 1. The first-order valence-electron chi connectivity index (χ1n) is 5.41. The van der Waals surface area contributed by atoms with E-state index in [1.807, 2.05) is 0 Å². The molecule has 17 heavy (non-hydrogen) atoms. The summed E-state index contributed by atoms with van der Waals surface area (Å²) in [5, 5.41) is 2.65. The second-order valence-corrected chi connectivity index (χ2v) is 3.85. The monoisotopic (exact) mass is 234 g/mol. The van der Waals surface area contributed by atoms with Crippen LogP contribution in [0.4, 0.5) is 0 Å². The summed E-state index contributed by atoms with van der Waals surface area (Å²) in [7, 11) is 1.48. The Hall–Kier alpha value is -1.88. The summed E-state index contributed by atoms with van der Waals surface area (Å²) in [4.78, 5) is 24.0. The van der Waals surface area contributed by atoms with Crippen LogP contribution in [-0.2, 0) is 0 Å². The smallest absolute Gasteiger partial charge is 0.252 e. The zero-order valence-corrected chi connectivity index (χ0v) is 9.53. The van der Waals surface area contributed by atoms with E-state index in [4.69, 9.17) is 10.5 Å². The lowest BCUT2D eigenvalue weighted by molar-refractivity contribution is 0.0821. The molecule has 90 valence electrons. The maximum Gasteiger partial charge on any atom is 0.252 e. The number of nitrogens with two attached hydrogens (primary N) is 1. The predicted molar refractivity (Wildman–Crippen MR) is 62.3 cm³/mol. The second kappa shape index (κ2) is 4.55. The van der Waals surface area contributed by atoms with E-state index in [0.717, 1.165) is 0 Å². The minimum atomic E-state index is -0.545. The highest BCUT2D eigenvalue weighted by atomic mass is 16.5. The molecular formula is C12H14N2O3. The molecule has 0 fully saturated rings. The zero-order chi connectivity index (χ0) is 12.4. The predicted octanol–water partition coefficient (Wildman–Crippen LogP) is 0.339. The number of ketones is 1. The first-order chi connectivity index (χ1) is 8.19. The van der Waals surface area contributed by atoms with Crippen LogP contribution >= 0.6 is 0 Å². The Morgan fingerprint density at radius 3 is 2.82 bits per heavy atom. The maximum atomic E-state index is 12.2. The number of carbonyl (C=O) groups is 2. The lowest BCUT2D eigenvalue weighted by atomic mass is 9.91. The third kappa shape index (κ3) is 1.89. The number of amides is 1. The van der Waals surface area contributed by atoms with Gasteiger partial charge in [0.25, 0.3) is 5.91 Å². The molecule has 3 N–H and O–H groups in total. The topological polar surface area (TPSA) is 81.4 Å². The van der Waals surface area contributed by atoms with Gasteiger partial charge < -0.3 is 15.8 Å². The molecule has 1 aromatic carbocycles. The van der Waals surface area contributed by atoms with Crippen LogP contribution in [-0.4, -0.2) is 31.4 Å². The Morgan fingerprint density at radius 2 is 2.18 bits per heavy atom. The number of carbonyl (C=O) groups excluding carboxylic acids is 2. The van der Waals surface area contributed by atoms with Crippen LogP contribution in [0.5, 0.6) is 5.75 Å². The number of Topliss-reactive ketones (excluding diaryl/α,β-unsaturated/α-hetero) is 1. The molecule has 1 amide bonds. The van der Waals surface area contributed by atoms with Gasteiger partial charge in [-0.2, -0.15) is 0 Å². The number of rotatable bonds is 3. The molecule has 0 spiro atoms. The fourth-order valence-electron chi connectivity index (χ4n) is 1.99. The summed E-state index contributed by atoms with van der Waals surface area (Å²) >= 11 is 0. The summed E-state index contributed by atoms with van der Waals surface area (Å²) in [5.41, 5.74) is 6.14. The van der Waals surface area contributed by atoms with Gasteiger partial charge in [0.05, 0.1) is 24.3 Å². The molecular weight excluding hydrogens is 220 g/mol. The van der Waals surface area contributed by atoms with Crippen LogP contribution < -0.4 is 15.8 Å². The fraction of sp³-hybridized carbons (Fsp3) is 0.333. The summed E-state index contributed by atoms with van der Waals surface area (Å²) in [5.74, 6) is 0.0452. The van der Waals surface area contributed by atoms with E-state index in [0.29, 0.717) is 29.8 Å². The Bertz CT molecular complexity index is 471. The molecule has 0 saturated heterocycles. The van der Waals surface area contributed by atoms with Gasteiger partial charge in [-0.1, -0.05) is 6.07 Å². The standard InChI is InChI=1S/C12H14N2O3/c1-17-9-4-2-3-7-10(9)11(15)8(5-6-13)14-12(7)16/h2-4,8H,5-6,13H2,1H3,(H,14,16)/t8-/m0/s1. The SMILES string of the molecule is COc1cccc2c1C(=O)[C@H](CCN)NC2=O. The Labute approximate surface area is 98.9 Å². The molecule has 0 saturated carbocycles. The van der Waals surface area contributed by atoms with Crippen LogP contribution in [0.1, 0.15) is 27.1 Å². The lowest BCUT2D eigenvalue weighted by Gasteiger charge is -2.25. The number of benzene rings is 1. The molecule has 0 aliphatic carbocycles.